The van der Waals surface area contributed by atoms with Crippen LogP contribution in [0.4, 0.5) is 8.78 Å². The summed E-state index contributed by atoms with van der Waals surface area (Å²) in [6.45, 7) is 0.372. The number of alkyl halides is 2. The minimum Gasteiger partial charge on any atom is -0.383 e. The third-order valence-corrected chi connectivity index (χ3v) is 3.76. The normalized spacial score (nSPS) is 13.8. The molecule has 0 saturated carbocycles. The van der Waals surface area contributed by atoms with E-state index in [1.807, 2.05) is 0 Å². The Morgan fingerprint density at radius 2 is 1.83 bits per heavy atom. The summed E-state index contributed by atoms with van der Waals surface area (Å²) in [4.78, 5) is -0.387. The van der Waals surface area contributed by atoms with Gasteiger partial charge in [0.15, 0.2) is 0 Å². The van der Waals surface area contributed by atoms with Crippen molar-refractivity contribution >= 4 is 9.84 Å². The average molecular weight is 279 g/mol. The summed E-state index contributed by atoms with van der Waals surface area (Å²) < 4.78 is 51.8. The molecule has 1 aromatic rings. The first-order valence-corrected chi connectivity index (χ1v) is 6.78. The van der Waals surface area contributed by atoms with E-state index >= 15 is 0 Å². The molecule has 0 aliphatic carbocycles. The molecule has 1 atom stereocenters. The first kappa shape index (κ1) is 15.0. The molecule has 0 amide bonds. The molecular formula is C11H15F2NO3S. The Labute approximate surface area is 105 Å². The summed E-state index contributed by atoms with van der Waals surface area (Å²) in [5.41, 5.74) is 6.50. The molecule has 102 valence electrons. The molecule has 0 bridgehead atoms. The fraction of sp³-hybridized carbons (Fsp3) is 0.455. The largest absolute Gasteiger partial charge is 0.383 e. The van der Waals surface area contributed by atoms with Crippen LogP contribution in [0.15, 0.2) is 29.2 Å². The molecule has 1 aromatic carbocycles. The van der Waals surface area contributed by atoms with Gasteiger partial charge in [-0.25, -0.2) is 8.42 Å². The Bertz CT molecular complexity index is 474. The molecule has 4 nitrogen and oxygen atoms in total. The monoisotopic (exact) mass is 279 g/mol. The van der Waals surface area contributed by atoms with E-state index in [-0.39, 0.29) is 10.9 Å². The van der Waals surface area contributed by atoms with Crippen molar-refractivity contribution < 1.29 is 21.9 Å². The van der Waals surface area contributed by atoms with Crippen LogP contribution >= 0.6 is 0 Å². The van der Waals surface area contributed by atoms with E-state index in [2.05, 4.69) is 0 Å². The number of methoxy groups -OCH3 is 1. The van der Waals surface area contributed by atoms with Gasteiger partial charge in [0.2, 0.25) is 9.84 Å². The van der Waals surface area contributed by atoms with Crippen LogP contribution in [0.25, 0.3) is 0 Å². The molecule has 0 aliphatic heterocycles. The molecule has 0 aliphatic rings. The predicted octanol–water partition coefficient (Wildman–Crippen LogP) is 1.20. The van der Waals surface area contributed by atoms with E-state index in [1.165, 1.54) is 19.2 Å². The van der Waals surface area contributed by atoms with Crippen molar-refractivity contribution in [2.45, 2.75) is 23.1 Å². The van der Waals surface area contributed by atoms with E-state index in [1.54, 1.807) is 0 Å². The van der Waals surface area contributed by atoms with Crippen LogP contribution in [0.3, 0.4) is 0 Å². The lowest BCUT2D eigenvalue weighted by molar-refractivity contribution is 0.180. The standard InChI is InChI=1S/C11H15F2NO3S/c1-17-7-9(14)6-8-2-4-10(5-3-8)18(15,16)11(12)13/h2-5,9,11H,6-7,14H2,1H3. The van der Waals surface area contributed by atoms with Crippen molar-refractivity contribution in [2.75, 3.05) is 13.7 Å². The van der Waals surface area contributed by atoms with Crippen LogP contribution in [0.1, 0.15) is 5.56 Å². The zero-order valence-corrected chi connectivity index (χ0v) is 10.7. The maximum Gasteiger partial charge on any atom is 0.341 e. The summed E-state index contributed by atoms with van der Waals surface area (Å²) >= 11 is 0. The van der Waals surface area contributed by atoms with Gasteiger partial charge in [-0.3, -0.25) is 0 Å². The van der Waals surface area contributed by atoms with Crippen molar-refractivity contribution in [2.24, 2.45) is 5.73 Å². The maximum atomic E-state index is 12.3. The number of nitrogens with two attached hydrogens (primary N) is 1. The Kier molecular flexibility index (Phi) is 5.18. The fourth-order valence-corrected chi connectivity index (χ4v) is 2.22. The highest BCUT2D eigenvalue weighted by molar-refractivity contribution is 7.91. The second-order valence-electron chi connectivity index (χ2n) is 3.87. The Balaban J connectivity index is 2.81. The Morgan fingerprint density at radius 1 is 1.28 bits per heavy atom. The number of hydrogen-bond donors (Lipinski definition) is 1. The lowest BCUT2D eigenvalue weighted by Crippen LogP contribution is -2.27. The summed E-state index contributed by atoms with van der Waals surface area (Å²) in [6, 6.07) is 5.06. The van der Waals surface area contributed by atoms with Gasteiger partial charge in [-0.2, -0.15) is 8.78 Å². The van der Waals surface area contributed by atoms with Crippen molar-refractivity contribution in [3.05, 3.63) is 29.8 Å². The third-order valence-electron chi connectivity index (χ3n) is 2.37. The minimum absolute atomic E-state index is 0.215. The molecule has 0 aromatic heterocycles. The van der Waals surface area contributed by atoms with Gasteiger partial charge >= 0.3 is 5.76 Å². The first-order valence-electron chi connectivity index (χ1n) is 5.23. The van der Waals surface area contributed by atoms with Crippen molar-refractivity contribution in [1.29, 1.82) is 0 Å². The smallest absolute Gasteiger partial charge is 0.341 e. The molecule has 0 fully saturated rings. The van der Waals surface area contributed by atoms with Crippen LogP contribution in [0, 0.1) is 0 Å². The second kappa shape index (κ2) is 6.21. The first-order chi connectivity index (χ1) is 8.37. The van der Waals surface area contributed by atoms with Crippen LogP contribution in [0.5, 0.6) is 0 Å². The fourth-order valence-electron chi connectivity index (χ4n) is 1.49. The summed E-state index contributed by atoms with van der Waals surface area (Å²) in [7, 11) is -3.00. The molecule has 0 spiro atoms. The number of benzene rings is 1. The van der Waals surface area contributed by atoms with Crippen LogP contribution in [-0.2, 0) is 21.0 Å². The lowest BCUT2D eigenvalue weighted by Gasteiger charge is -2.10. The van der Waals surface area contributed by atoms with Crippen LogP contribution in [0.2, 0.25) is 0 Å². The SMILES string of the molecule is COCC(N)Cc1ccc(S(=O)(=O)C(F)F)cc1. The topological polar surface area (TPSA) is 69.4 Å². The van der Waals surface area contributed by atoms with E-state index in [4.69, 9.17) is 10.5 Å². The number of rotatable bonds is 6. The Hall–Kier alpha value is -1.05. The van der Waals surface area contributed by atoms with Crippen molar-refractivity contribution in [3.63, 3.8) is 0 Å². The zero-order valence-electron chi connectivity index (χ0n) is 9.84. The van der Waals surface area contributed by atoms with Gasteiger partial charge in [-0.1, -0.05) is 12.1 Å². The lowest BCUT2D eigenvalue weighted by atomic mass is 10.1. The van der Waals surface area contributed by atoms with Gasteiger partial charge in [0.25, 0.3) is 0 Å². The molecule has 0 saturated heterocycles. The van der Waals surface area contributed by atoms with Crippen LogP contribution < -0.4 is 5.73 Å². The van der Waals surface area contributed by atoms with Gasteiger partial charge in [0.1, 0.15) is 0 Å². The minimum atomic E-state index is -4.52. The van der Waals surface area contributed by atoms with Gasteiger partial charge in [0.05, 0.1) is 11.5 Å². The molecule has 0 heterocycles. The van der Waals surface area contributed by atoms with Gasteiger partial charge in [0, 0.05) is 13.2 Å². The molecule has 1 unspecified atom stereocenters. The number of sulfone groups is 1. The van der Waals surface area contributed by atoms with Crippen molar-refractivity contribution in [1.82, 2.24) is 0 Å². The summed E-state index contributed by atoms with van der Waals surface area (Å²) in [5.74, 6) is -3.40. The highest BCUT2D eigenvalue weighted by atomic mass is 32.2. The number of halogens is 2. The van der Waals surface area contributed by atoms with E-state index < -0.39 is 15.6 Å². The molecule has 2 N–H and O–H groups in total. The van der Waals surface area contributed by atoms with Gasteiger partial charge in [-0.05, 0) is 24.1 Å². The Morgan fingerprint density at radius 3 is 2.28 bits per heavy atom. The van der Waals surface area contributed by atoms with Crippen molar-refractivity contribution in [3.8, 4) is 0 Å². The predicted molar refractivity (Wildman–Crippen MR) is 63.2 cm³/mol. The summed E-state index contributed by atoms with van der Waals surface area (Å²) in [6.07, 6.45) is 0.489. The molecule has 0 radical (unpaired) electrons. The zero-order chi connectivity index (χ0) is 13.8. The summed E-state index contributed by atoms with van der Waals surface area (Å²) in [5, 5.41) is 0. The van der Waals surface area contributed by atoms with E-state index in [0.29, 0.717) is 13.0 Å². The van der Waals surface area contributed by atoms with E-state index in [0.717, 1.165) is 17.7 Å². The average Bonchev–Trinajstić information content (AvgIpc) is 2.29. The quantitative estimate of drug-likeness (QED) is 0.849. The maximum absolute atomic E-state index is 12.3. The van der Waals surface area contributed by atoms with Gasteiger partial charge in [-0.15, -0.1) is 0 Å². The number of hydrogen-bond acceptors (Lipinski definition) is 4. The molecule has 18 heavy (non-hydrogen) atoms. The number of ether oxygens (including phenoxy) is 1. The highest BCUT2D eigenvalue weighted by Gasteiger charge is 2.26. The van der Waals surface area contributed by atoms with Crippen LogP contribution in [-0.4, -0.2) is 33.9 Å². The molecule has 7 heteroatoms. The van der Waals surface area contributed by atoms with Gasteiger partial charge < -0.3 is 10.5 Å². The molecule has 1 rings (SSSR count). The highest BCUT2D eigenvalue weighted by Crippen LogP contribution is 2.18. The molecular weight excluding hydrogens is 264 g/mol. The third kappa shape index (κ3) is 3.72. The van der Waals surface area contributed by atoms with E-state index in [9.17, 15) is 17.2 Å². The second-order valence-corrected chi connectivity index (χ2v) is 5.79.